The zero-order valence-electron chi connectivity index (χ0n) is 21.3. The smallest absolute Gasteiger partial charge is 0.339 e. The van der Waals surface area contributed by atoms with Crippen molar-refractivity contribution in [2.75, 3.05) is 0 Å². The Morgan fingerprint density at radius 3 is 1.29 bits per heavy atom. The van der Waals surface area contributed by atoms with E-state index in [1.54, 1.807) is 48.8 Å². The second-order valence-electron chi connectivity index (χ2n) is 8.93. The van der Waals surface area contributed by atoms with E-state index in [9.17, 15) is 19.8 Å². The van der Waals surface area contributed by atoms with Crippen molar-refractivity contribution in [3.63, 3.8) is 0 Å². The van der Waals surface area contributed by atoms with Gasteiger partial charge in [-0.05, 0) is 48.5 Å². The Kier molecular flexibility index (Phi) is 6.31. The van der Waals surface area contributed by atoms with Gasteiger partial charge < -0.3 is 20.4 Å². The predicted molar refractivity (Wildman–Crippen MR) is 145 cm³/mol. The van der Waals surface area contributed by atoms with Gasteiger partial charge in [0.2, 0.25) is 0 Å². The second kappa shape index (κ2) is 10.3. The molecule has 2 aromatic carbocycles. The minimum absolute atomic E-state index is 0.223. The molecule has 14 heteroatoms. The number of carboxylic acids is 2. The summed E-state index contributed by atoms with van der Waals surface area (Å²) in [6.45, 7) is 0. The highest BCUT2D eigenvalue weighted by atomic mass is 16.4. The summed E-state index contributed by atoms with van der Waals surface area (Å²) in [4.78, 5) is 31.7. The van der Waals surface area contributed by atoms with Gasteiger partial charge >= 0.3 is 11.9 Å². The van der Waals surface area contributed by atoms with Crippen LogP contribution in [0.4, 0.5) is 0 Å². The summed E-state index contributed by atoms with van der Waals surface area (Å²) >= 11 is 0. The van der Waals surface area contributed by atoms with Gasteiger partial charge in [-0.25, -0.2) is 28.9 Å². The van der Waals surface area contributed by atoms with Crippen LogP contribution in [-0.2, 0) is 0 Å². The quantitative estimate of drug-likeness (QED) is 0.221. The molecule has 0 fully saturated rings. The molecule has 0 aliphatic rings. The maximum atomic E-state index is 11.2. The van der Waals surface area contributed by atoms with Crippen LogP contribution in [0.3, 0.4) is 0 Å². The predicted octanol–water partition coefficient (Wildman–Crippen LogP) is 3.45. The maximum Gasteiger partial charge on any atom is 0.339 e. The fraction of sp³-hybridized carbons (Fsp3) is 0. The molecule has 0 amide bonds. The molecule has 14 nitrogen and oxygen atoms in total. The van der Waals surface area contributed by atoms with E-state index in [0.717, 1.165) is 0 Å². The molecule has 0 radical (unpaired) electrons. The highest BCUT2D eigenvalue weighted by Crippen LogP contribution is 2.26. The number of phenols is 2. The van der Waals surface area contributed by atoms with E-state index in [4.69, 9.17) is 10.2 Å². The minimum Gasteiger partial charge on any atom is -0.507 e. The van der Waals surface area contributed by atoms with Gasteiger partial charge in [-0.2, -0.15) is 0 Å². The number of pyridine rings is 2. The lowest BCUT2D eigenvalue weighted by Gasteiger charge is -2.05. The Bertz CT molecular complexity index is 1860. The summed E-state index contributed by atoms with van der Waals surface area (Å²) in [5.74, 6) is -3.27. The van der Waals surface area contributed by atoms with Gasteiger partial charge in [0.15, 0.2) is 0 Å². The first-order chi connectivity index (χ1) is 20.3. The Hall–Kier alpha value is -6.44. The molecular formula is C28H18N8O6. The van der Waals surface area contributed by atoms with E-state index in [1.807, 2.05) is 0 Å². The molecule has 206 valence electrons. The first-order valence-corrected chi connectivity index (χ1v) is 12.2. The number of aromatic carboxylic acids is 2. The first-order valence-electron chi connectivity index (χ1n) is 12.2. The van der Waals surface area contributed by atoms with Crippen LogP contribution in [0.25, 0.3) is 45.5 Å². The normalized spacial score (nSPS) is 11.0. The summed E-state index contributed by atoms with van der Waals surface area (Å²) in [7, 11) is 0. The lowest BCUT2D eigenvalue weighted by atomic mass is 10.2. The first kappa shape index (κ1) is 25.8. The summed E-state index contributed by atoms with van der Waals surface area (Å²) in [5.41, 5.74) is 3.39. The van der Waals surface area contributed by atoms with Crippen LogP contribution in [0.2, 0.25) is 0 Å². The number of aromatic nitrogens is 8. The van der Waals surface area contributed by atoms with Crippen LogP contribution < -0.4 is 0 Å². The zero-order chi connectivity index (χ0) is 29.4. The number of benzene rings is 2. The zero-order valence-corrected chi connectivity index (χ0v) is 21.3. The number of hydrogen-bond acceptors (Lipinski definition) is 10. The monoisotopic (exact) mass is 562 g/mol. The molecule has 4 heterocycles. The average Bonchev–Trinajstić information content (AvgIpc) is 3.68. The van der Waals surface area contributed by atoms with Crippen LogP contribution in [0, 0.1) is 0 Å². The molecule has 4 N–H and O–H groups in total. The number of hydrogen-bond donors (Lipinski definition) is 4. The summed E-state index contributed by atoms with van der Waals surface area (Å²) in [6.07, 6.45) is 3.20. The molecule has 0 aliphatic heterocycles. The van der Waals surface area contributed by atoms with Crippen molar-refractivity contribution in [3.8, 4) is 57.0 Å². The van der Waals surface area contributed by atoms with Gasteiger partial charge in [0.25, 0.3) is 0 Å². The lowest BCUT2D eigenvalue weighted by molar-refractivity contribution is 0.0682. The van der Waals surface area contributed by atoms with Crippen LogP contribution in [0.15, 0.2) is 85.2 Å². The van der Waals surface area contributed by atoms with Gasteiger partial charge in [0, 0.05) is 12.1 Å². The molecule has 0 atom stereocenters. The van der Waals surface area contributed by atoms with Gasteiger partial charge in [-0.3, -0.25) is 0 Å². The van der Waals surface area contributed by atoms with E-state index in [1.165, 1.54) is 45.8 Å². The van der Waals surface area contributed by atoms with Crippen molar-refractivity contribution in [1.82, 2.24) is 40.0 Å². The maximum absolute atomic E-state index is 11.2. The molecule has 0 aliphatic carbocycles. The third-order valence-electron chi connectivity index (χ3n) is 6.22. The number of aromatic hydroxyl groups is 2. The van der Waals surface area contributed by atoms with E-state index < -0.39 is 23.4 Å². The molecule has 4 aromatic heterocycles. The highest BCUT2D eigenvalue weighted by Gasteiger charge is 2.15. The van der Waals surface area contributed by atoms with Crippen molar-refractivity contribution in [3.05, 3.63) is 96.3 Å². The second-order valence-corrected chi connectivity index (χ2v) is 8.93. The number of nitrogens with zero attached hydrogens (tertiary/aromatic N) is 8. The van der Waals surface area contributed by atoms with E-state index in [0.29, 0.717) is 45.5 Å². The largest absolute Gasteiger partial charge is 0.507 e. The Morgan fingerprint density at radius 1 is 0.548 bits per heavy atom. The fourth-order valence-corrected chi connectivity index (χ4v) is 4.14. The summed E-state index contributed by atoms with van der Waals surface area (Å²) in [5, 5.41) is 54.7. The van der Waals surface area contributed by atoms with Gasteiger partial charge in [-0.1, -0.05) is 22.6 Å². The van der Waals surface area contributed by atoms with Crippen LogP contribution >= 0.6 is 0 Å². The molecule has 0 bridgehead atoms. The number of carbonyl (C=O) groups is 2. The van der Waals surface area contributed by atoms with Gasteiger partial charge in [-0.15, -0.1) is 10.2 Å². The molecule has 42 heavy (non-hydrogen) atoms. The van der Waals surface area contributed by atoms with E-state index in [2.05, 4.69) is 30.6 Å². The lowest BCUT2D eigenvalue weighted by Crippen LogP contribution is -2.00. The molecule has 0 saturated heterocycles. The van der Waals surface area contributed by atoms with Crippen molar-refractivity contribution in [2.24, 2.45) is 0 Å². The fourth-order valence-electron chi connectivity index (χ4n) is 4.14. The molecule has 0 saturated carbocycles. The van der Waals surface area contributed by atoms with Crippen LogP contribution in [-0.4, -0.2) is 72.3 Å². The van der Waals surface area contributed by atoms with Crippen LogP contribution in [0.1, 0.15) is 20.7 Å². The SMILES string of the molecule is O=C(O)c1ccc(-n2cc(-c3cccc(-c4cccc(-c5cn(-c6ccc(C(=O)O)c(O)c6)nn5)n4)n3)nn2)cc1O. The van der Waals surface area contributed by atoms with Crippen LogP contribution in [0.5, 0.6) is 11.5 Å². The average molecular weight is 563 g/mol. The number of rotatable bonds is 7. The summed E-state index contributed by atoms with van der Waals surface area (Å²) in [6, 6.07) is 18.8. The van der Waals surface area contributed by atoms with E-state index in [-0.39, 0.29) is 11.1 Å². The van der Waals surface area contributed by atoms with Crippen molar-refractivity contribution in [1.29, 1.82) is 0 Å². The van der Waals surface area contributed by atoms with Crippen molar-refractivity contribution in [2.45, 2.75) is 0 Å². The molecular weight excluding hydrogens is 544 g/mol. The molecule has 6 rings (SSSR count). The third kappa shape index (κ3) is 4.86. The minimum atomic E-state index is -1.24. The highest BCUT2D eigenvalue weighted by molar-refractivity contribution is 5.91. The molecule has 0 unspecified atom stereocenters. The van der Waals surface area contributed by atoms with Crippen molar-refractivity contribution < 1.29 is 30.0 Å². The Morgan fingerprint density at radius 2 is 0.929 bits per heavy atom. The van der Waals surface area contributed by atoms with E-state index >= 15 is 0 Å². The summed E-state index contributed by atoms with van der Waals surface area (Å²) < 4.78 is 2.79. The Labute approximate surface area is 235 Å². The molecule has 0 spiro atoms. The molecule has 6 aromatic rings. The van der Waals surface area contributed by atoms with Gasteiger partial charge in [0.1, 0.15) is 34.0 Å². The Balaban J connectivity index is 1.26. The third-order valence-corrected chi connectivity index (χ3v) is 6.22. The van der Waals surface area contributed by atoms with Gasteiger partial charge in [0.05, 0.1) is 46.5 Å². The number of carboxylic acid groups (broad SMARTS) is 2. The van der Waals surface area contributed by atoms with Crippen molar-refractivity contribution >= 4 is 11.9 Å². The standard InChI is InChI=1S/C28H18N8O6/c37-25-11-15(7-9-17(25)27(39)40)35-13-23(31-33-35)21-5-1-3-19(29-21)20-4-2-6-22(30-20)24-14-36(34-32-24)16-8-10-18(28(41)42)26(38)12-16/h1-14,37-38H,(H,39,40)(H,41,42). The topological polar surface area (TPSA) is 202 Å².